The molecule has 5 heteroatoms. The van der Waals surface area contributed by atoms with E-state index < -0.39 is 4.65 Å². The molecule has 1 aliphatic rings. The van der Waals surface area contributed by atoms with Gasteiger partial charge in [-0.3, -0.25) is 9.96 Å². The number of ether oxygens (including phenoxy) is 1. The molecular weight excluding hydrogens is 160 g/mol. The molecule has 1 fully saturated rings. The number of hydroxylamine groups is 3. The second-order valence-corrected chi connectivity index (χ2v) is 2.90. The first-order valence-corrected chi connectivity index (χ1v) is 4.00. The summed E-state index contributed by atoms with van der Waals surface area (Å²) in [5, 5.41) is 14.5. The zero-order valence-corrected chi connectivity index (χ0v) is 7.21. The molecule has 0 aromatic heterocycles. The molecular formula is C7H14N2O3. The van der Waals surface area contributed by atoms with Crippen LogP contribution in [0, 0.1) is 5.21 Å². The van der Waals surface area contributed by atoms with Crippen molar-refractivity contribution in [3.63, 3.8) is 0 Å². The Morgan fingerprint density at radius 2 is 2.50 bits per heavy atom. The minimum atomic E-state index is -0.735. The van der Waals surface area contributed by atoms with Gasteiger partial charge in [0.15, 0.2) is 0 Å². The van der Waals surface area contributed by atoms with Crippen LogP contribution in [0.4, 0.5) is 0 Å². The molecule has 1 amide bonds. The number of quaternary nitrogens is 1. The predicted octanol–water partition coefficient (Wildman–Crippen LogP) is -0.923. The van der Waals surface area contributed by atoms with Crippen LogP contribution in [0.2, 0.25) is 0 Å². The standard InChI is InChI=1S/C7H14N2O3/c1-12-5-4-9(11)3-2-8-6-7(9)10/h8H,2-6H2,1H3. The Morgan fingerprint density at radius 3 is 3.08 bits per heavy atom. The quantitative estimate of drug-likeness (QED) is 0.444. The number of hydrogen-bond acceptors (Lipinski definition) is 4. The number of hydrogen-bond donors (Lipinski definition) is 1. The SMILES string of the molecule is COCC[N+]1([O-])CCNCC1=O. The van der Waals surface area contributed by atoms with Crippen molar-refractivity contribution in [1.29, 1.82) is 0 Å². The van der Waals surface area contributed by atoms with E-state index in [1.807, 2.05) is 0 Å². The van der Waals surface area contributed by atoms with Gasteiger partial charge in [-0.2, -0.15) is 0 Å². The fourth-order valence-electron chi connectivity index (χ4n) is 1.20. The molecule has 0 aromatic rings. The van der Waals surface area contributed by atoms with Gasteiger partial charge in [0.05, 0.1) is 13.2 Å². The number of piperazine rings is 1. The van der Waals surface area contributed by atoms with Gasteiger partial charge < -0.3 is 9.94 Å². The van der Waals surface area contributed by atoms with Crippen LogP contribution in [0.25, 0.3) is 0 Å². The van der Waals surface area contributed by atoms with Gasteiger partial charge in [-0.05, 0) is 0 Å². The summed E-state index contributed by atoms with van der Waals surface area (Å²) >= 11 is 0. The average Bonchev–Trinajstić information content (AvgIpc) is 2.07. The third-order valence-corrected chi connectivity index (χ3v) is 2.04. The highest BCUT2D eigenvalue weighted by Crippen LogP contribution is 2.07. The number of amides is 1. The van der Waals surface area contributed by atoms with Crippen molar-refractivity contribution in [2.24, 2.45) is 0 Å². The fraction of sp³-hybridized carbons (Fsp3) is 0.857. The van der Waals surface area contributed by atoms with Gasteiger partial charge in [-0.1, -0.05) is 0 Å². The third kappa shape index (κ3) is 2.01. The normalized spacial score (nSPS) is 30.7. The van der Waals surface area contributed by atoms with Crippen molar-refractivity contribution in [3.8, 4) is 0 Å². The highest BCUT2D eigenvalue weighted by atomic mass is 16.6. The summed E-state index contributed by atoms with van der Waals surface area (Å²) in [4.78, 5) is 11.2. The second-order valence-electron chi connectivity index (χ2n) is 2.90. The van der Waals surface area contributed by atoms with Crippen molar-refractivity contribution in [2.75, 3.05) is 39.9 Å². The Bertz CT molecular complexity index is 174. The molecule has 1 unspecified atom stereocenters. The number of carbonyl (C=O) groups is 1. The first-order valence-electron chi connectivity index (χ1n) is 4.00. The van der Waals surface area contributed by atoms with E-state index in [0.29, 0.717) is 19.7 Å². The number of carbonyl (C=O) groups excluding carboxylic acids is 1. The maximum absolute atomic E-state index is 11.7. The fourth-order valence-corrected chi connectivity index (χ4v) is 1.20. The van der Waals surface area contributed by atoms with Crippen molar-refractivity contribution in [1.82, 2.24) is 5.32 Å². The minimum absolute atomic E-state index is 0.188. The van der Waals surface area contributed by atoms with E-state index >= 15 is 0 Å². The second kappa shape index (κ2) is 3.95. The smallest absolute Gasteiger partial charge is 0.327 e. The number of nitrogens with one attached hydrogen (secondary N) is 1. The molecule has 0 saturated carbocycles. The molecule has 1 rings (SSSR count). The van der Waals surface area contributed by atoms with E-state index in [1.54, 1.807) is 0 Å². The average molecular weight is 174 g/mol. The molecule has 0 radical (unpaired) electrons. The molecule has 5 nitrogen and oxygen atoms in total. The summed E-state index contributed by atoms with van der Waals surface area (Å²) < 4.78 is 4.03. The summed E-state index contributed by atoms with van der Waals surface area (Å²) in [6, 6.07) is 0. The van der Waals surface area contributed by atoms with Gasteiger partial charge >= 0.3 is 5.91 Å². The number of nitrogens with zero attached hydrogens (tertiary/aromatic N) is 1. The molecule has 12 heavy (non-hydrogen) atoms. The molecule has 1 N–H and O–H groups in total. The monoisotopic (exact) mass is 174 g/mol. The lowest BCUT2D eigenvalue weighted by atomic mass is 10.3. The van der Waals surface area contributed by atoms with Gasteiger partial charge in [0.1, 0.15) is 13.1 Å². The number of rotatable bonds is 3. The largest absolute Gasteiger partial charge is 0.625 e. The Morgan fingerprint density at radius 1 is 1.75 bits per heavy atom. The van der Waals surface area contributed by atoms with E-state index in [0.717, 1.165) is 0 Å². The third-order valence-electron chi connectivity index (χ3n) is 2.04. The molecule has 1 heterocycles. The highest BCUT2D eigenvalue weighted by Gasteiger charge is 2.29. The molecule has 0 aromatic carbocycles. The molecule has 1 saturated heterocycles. The number of methoxy groups -OCH3 is 1. The van der Waals surface area contributed by atoms with Crippen molar-refractivity contribution < 1.29 is 14.2 Å². The summed E-state index contributed by atoms with van der Waals surface area (Å²) in [5.41, 5.74) is 0. The lowest BCUT2D eigenvalue weighted by Gasteiger charge is -2.42. The van der Waals surface area contributed by atoms with Crippen LogP contribution in [0.3, 0.4) is 0 Å². The van der Waals surface area contributed by atoms with E-state index in [-0.39, 0.29) is 19.0 Å². The first kappa shape index (κ1) is 9.60. The summed E-state index contributed by atoms with van der Waals surface area (Å²) in [6.07, 6.45) is 0. The van der Waals surface area contributed by atoms with Crippen LogP contribution in [-0.4, -0.2) is 50.4 Å². The molecule has 1 aliphatic heterocycles. The lowest BCUT2D eigenvalue weighted by Crippen LogP contribution is -2.59. The summed E-state index contributed by atoms with van der Waals surface area (Å²) in [7, 11) is 1.53. The van der Waals surface area contributed by atoms with Gasteiger partial charge in [-0.15, -0.1) is 0 Å². The summed E-state index contributed by atoms with van der Waals surface area (Å²) in [6.45, 7) is 1.70. The maximum Gasteiger partial charge on any atom is 0.327 e. The Hall–Kier alpha value is -0.490. The zero-order valence-electron chi connectivity index (χ0n) is 7.21. The zero-order chi connectivity index (χ0) is 9.03. The van der Waals surface area contributed by atoms with E-state index in [9.17, 15) is 10.0 Å². The summed E-state index contributed by atoms with van der Waals surface area (Å²) in [5.74, 6) is -0.293. The van der Waals surface area contributed by atoms with Gasteiger partial charge in [0, 0.05) is 13.7 Å². The van der Waals surface area contributed by atoms with E-state index in [2.05, 4.69) is 5.32 Å². The molecule has 1 atom stereocenters. The maximum atomic E-state index is 11.7. The van der Waals surface area contributed by atoms with E-state index in [1.165, 1.54) is 7.11 Å². The van der Waals surface area contributed by atoms with Crippen LogP contribution >= 0.6 is 0 Å². The lowest BCUT2D eigenvalue weighted by molar-refractivity contribution is -0.806. The van der Waals surface area contributed by atoms with Gasteiger partial charge in [-0.25, -0.2) is 4.79 Å². The van der Waals surface area contributed by atoms with Crippen molar-refractivity contribution in [2.45, 2.75) is 0 Å². The minimum Gasteiger partial charge on any atom is -0.625 e. The first-order chi connectivity index (χ1) is 5.69. The Balaban J connectivity index is 2.48. The Kier molecular flexibility index (Phi) is 3.16. The topological polar surface area (TPSA) is 61.4 Å². The Labute approximate surface area is 71.5 Å². The van der Waals surface area contributed by atoms with Gasteiger partial charge in [0.2, 0.25) is 0 Å². The van der Waals surface area contributed by atoms with Crippen LogP contribution in [0.15, 0.2) is 0 Å². The van der Waals surface area contributed by atoms with Crippen LogP contribution < -0.4 is 5.32 Å². The van der Waals surface area contributed by atoms with Gasteiger partial charge in [0.25, 0.3) is 0 Å². The highest BCUT2D eigenvalue weighted by molar-refractivity contribution is 5.72. The molecule has 0 bridgehead atoms. The van der Waals surface area contributed by atoms with Crippen LogP contribution in [0.1, 0.15) is 0 Å². The molecule has 0 spiro atoms. The van der Waals surface area contributed by atoms with E-state index in [4.69, 9.17) is 4.74 Å². The van der Waals surface area contributed by atoms with Crippen molar-refractivity contribution >= 4 is 5.91 Å². The molecule has 0 aliphatic carbocycles. The molecule has 70 valence electrons. The van der Waals surface area contributed by atoms with Crippen LogP contribution in [-0.2, 0) is 9.53 Å². The predicted molar refractivity (Wildman–Crippen MR) is 43.1 cm³/mol. The van der Waals surface area contributed by atoms with Crippen molar-refractivity contribution in [3.05, 3.63) is 5.21 Å². The van der Waals surface area contributed by atoms with Crippen LogP contribution in [0.5, 0.6) is 0 Å².